The molecule has 0 fully saturated rings. The van der Waals surface area contributed by atoms with E-state index in [-0.39, 0.29) is 0 Å². The maximum atomic E-state index is 5.92. The van der Waals surface area contributed by atoms with Gasteiger partial charge in [-0.2, -0.15) is 0 Å². The van der Waals surface area contributed by atoms with Crippen molar-refractivity contribution in [3.63, 3.8) is 0 Å². The predicted octanol–water partition coefficient (Wildman–Crippen LogP) is 2.23. The summed E-state index contributed by atoms with van der Waals surface area (Å²) in [6.45, 7) is 1.93. The summed E-state index contributed by atoms with van der Waals surface area (Å²) in [5, 5.41) is 0. The molecule has 2 heterocycles. The Balaban J connectivity index is 1.92. The van der Waals surface area contributed by atoms with Crippen LogP contribution in [0.25, 0.3) is 0 Å². The summed E-state index contributed by atoms with van der Waals surface area (Å²) < 4.78 is 0. The smallest absolute Gasteiger partial charge is 0.146 e. The lowest BCUT2D eigenvalue weighted by atomic mass is 9.99. The first-order valence-corrected chi connectivity index (χ1v) is 5.87. The van der Waals surface area contributed by atoms with Gasteiger partial charge >= 0.3 is 0 Å². The van der Waals surface area contributed by atoms with E-state index >= 15 is 0 Å². The van der Waals surface area contributed by atoms with E-state index < -0.39 is 0 Å². The average Bonchev–Trinajstić information content (AvgIpc) is 2.39. The van der Waals surface area contributed by atoms with Crippen LogP contribution in [0.4, 0.5) is 11.5 Å². The van der Waals surface area contributed by atoms with Gasteiger partial charge in [-0.05, 0) is 29.7 Å². The Morgan fingerprint density at radius 1 is 1.06 bits per heavy atom. The van der Waals surface area contributed by atoms with Crippen LogP contribution in [-0.4, -0.2) is 11.5 Å². The Bertz CT molecular complexity index is 536. The molecule has 0 radical (unpaired) electrons. The largest absolute Gasteiger partial charge is 0.382 e. The van der Waals surface area contributed by atoms with Crippen LogP contribution >= 0.6 is 0 Å². The summed E-state index contributed by atoms with van der Waals surface area (Å²) in [5.74, 6) is 0.617. The third-order valence-electron chi connectivity index (χ3n) is 3.29. The molecule has 0 atom stereocenters. The van der Waals surface area contributed by atoms with Crippen molar-refractivity contribution in [2.75, 3.05) is 17.2 Å². The van der Waals surface area contributed by atoms with Gasteiger partial charge in [-0.3, -0.25) is 0 Å². The minimum absolute atomic E-state index is 0.617. The van der Waals surface area contributed by atoms with E-state index in [0.717, 1.165) is 25.2 Å². The summed E-state index contributed by atoms with van der Waals surface area (Å²) in [7, 11) is 0. The Hall–Kier alpha value is -2.03. The minimum Gasteiger partial charge on any atom is -0.382 e. The van der Waals surface area contributed by atoms with Crippen LogP contribution in [0.15, 0.2) is 42.6 Å². The summed E-state index contributed by atoms with van der Waals surface area (Å²) in [4.78, 5) is 6.44. The number of nitrogens with zero attached hydrogens (tertiary/aromatic N) is 2. The van der Waals surface area contributed by atoms with Crippen LogP contribution in [0.3, 0.4) is 0 Å². The summed E-state index contributed by atoms with van der Waals surface area (Å²) in [6, 6.07) is 12.6. The molecular formula is C14H15N3. The molecule has 0 bridgehead atoms. The molecular weight excluding hydrogens is 210 g/mol. The average molecular weight is 225 g/mol. The number of aromatic nitrogens is 1. The van der Waals surface area contributed by atoms with Crippen molar-refractivity contribution in [2.24, 2.45) is 0 Å². The Labute approximate surface area is 101 Å². The van der Waals surface area contributed by atoms with Crippen molar-refractivity contribution in [1.82, 2.24) is 4.98 Å². The van der Waals surface area contributed by atoms with Gasteiger partial charge in [0.05, 0.1) is 5.69 Å². The summed E-state index contributed by atoms with van der Waals surface area (Å²) in [6.07, 6.45) is 2.81. The van der Waals surface area contributed by atoms with Gasteiger partial charge in [-0.25, -0.2) is 4.98 Å². The number of hydrogen-bond acceptors (Lipinski definition) is 3. The van der Waals surface area contributed by atoms with Crippen molar-refractivity contribution in [3.05, 3.63) is 53.7 Å². The van der Waals surface area contributed by atoms with Gasteiger partial charge in [0.25, 0.3) is 0 Å². The first-order chi connectivity index (χ1) is 8.34. The van der Waals surface area contributed by atoms with E-state index in [1.165, 1.54) is 11.1 Å². The molecule has 2 aromatic rings. The minimum atomic E-state index is 0.617. The number of hydrogen-bond donors (Lipinski definition) is 1. The molecule has 0 spiro atoms. The Kier molecular flexibility index (Phi) is 2.44. The zero-order chi connectivity index (χ0) is 11.7. The fraction of sp³-hybridized carbons (Fsp3) is 0.214. The highest BCUT2D eigenvalue weighted by Crippen LogP contribution is 2.27. The summed E-state index contributed by atoms with van der Waals surface area (Å²) >= 11 is 0. The van der Waals surface area contributed by atoms with Gasteiger partial charge in [0.15, 0.2) is 0 Å². The topological polar surface area (TPSA) is 42.1 Å². The highest BCUT2D eigenvalue weighted by molar-refractivity contribution is 5.63. The van der Waals surface area contributed by atoms with Gasteiger partial charge in [0.2, 0.25) is 0 Å². The molecule has 1 aliphatic rings. The lowest BCUT2D eigenvalue weighted by molar-refractivity contribution is 0.731. The van der Waals surface area contributed by atoms with Crippen LogP contribution in [0, 0.1) is 0 Å². The molecule has 3 rings (SSSR count). The fourth-order valence-corrected chi connectivity index (χ4v) is 2.38. The van der Waals surface area contributed by atoms with Crippen molar-refractivity contribution in [2.45, 2.75) is 13.0 Å². The molecule has 0 saturated carbocycles. The van der Waals surface area contributed by atoms with Gasteiger partial charge in [0, 0.05) is 19.3 Å². The molecule has 1 aromatic heterocycles. The number of nitrogens with two attached hydrogens (primary N) is 1. The number of pyridine rings is 1. The van der Waals surface area contributed by atoms with E-state index in [4.69, 9.17) is 5.73 Å². The van der Waals surface area contributed by atoms with Crippen molar-refractivity contribution < 1.29 is 0 Å². The Morgan fingerprint density at radius 2 is 1.88 bits per heavy atom. The highest BCUT2D eigenvalue weighted by atomic mass is 15.2. The maximum Gasteiger partial charge on any atom is 0.146 e. The van der Waals surface area contributed by atoms with Crippen molar-refractivity contribution in [3.8, 4) is 0 Å². The first-order valence-electron chi connectivity index (χ1n) is 5.87. The molecule has 2 N–H and O–H groups in total. The van der Waals surface area contributed by atoms with E-state index in [1.54, 1.807) is 6.20 Å². The maximum absolute atomic E-state index is 5.92. The number of rotatable bonds is 1. The van der Waals surface area contributed by atoms with Crippen molar-refractivity contribution >= 4 is 11.5 Å². The second-order valence-electron chi connectivity index (χ2n) is 4.35. The molecule has 1 aliphatic heterocycles. The molecule has 0 aliphatic carbocycles. The van der Waals surface area contributed by atoms with Gasteiger partial charge in [-0.1, -0.05) is 24.3 Å². The second kappa shape index (κ2) is 4.09. The number of nitrogen functional groups attached to an aromatic ring is 1. The van der Waals surface area contributed by atoms with Crippen LogP contribution in [-0.2, 0) is 13.0 Å². The van der Waals surface area contributed by atoms with Crippen LogP contribution in [0.1, 0.15) is 11.1 Å². The Morgan fingerprint density at radius 3 is 2.71 bits per heavy atom. The molecule has 1 aromatic carbocycles. The molecule has 0 unspecified atom stereocenters. The van der Waals surface area contributed by atoms with Crippen molar-refractivity contribution in [1.29, 1.82) is 0 Å². The number of benzene rings is 1. The fourth-order valence-electron chi connectivity index (χ4n) is 2.38. The predicted molar refractivity (Wildman–Crippen MR) is 69.8 cm³/mol. The lowest BCUT2D eigenvalue weighted by Crippen LogP contribution is -2.31. The molecule has 3 heteroatoms. The second-order valence-corrected chi connectivity index (χ2v) is 4.35. The zero-order valence-corrected chi connectivity index (χ0v) is 9.63. The van der Waals surface area contributed by atoms with E-state index in [0.29, 0.717) is 5.82 Å². The normalized spacial score (nSPS) is 14.5. The number of anilines is 2. The van der Waals surface area contributed by atoms with E-state index in [1.807, 2.05) is 12.1 Å². The van der Waals surface area contributed by atoms with Gasteiger partial charge in [-0.15, -0.1) is 0 Å². The van der Waals surface area contributed by atoms with E-state index in [9.17, 15) is 0 Å². The lowest BCUT2D eigenvalue weighted by Gasteiger charge is -2.31. The van der Waals surface area contributed by atoms with Crippen LogP contribution < -0.4 is 10.6 Å². The third kappa shape index (κ3) is 1.84. The third-order valence-corrected chi connectivity index (χ3v) is 3.29. The summed E-state index contributed by atoms with van der Waals surface area (Å²) in [5.41, 5.74) is 9.80. The monoisotopic (exact) mass is 225 g/mol. The quantitative estimate of drug-likeness (QED) is 0.809. The first kappa shape index (κ1) is 10.1. The van der Waals surface area contributed by atoms with E-state index in [2.05, 4.69) is 34.1 Å². The van der Waals surface area contributed by atoms with Gasteiger partial charge < -0.3 is 10.6 Å². The molecule has 3 nitrogen and oxygen atoms in total. The van der Waals surface area contributed by atoms with Crippen LogP contribution in [0.2, 0.25) is 0 Å². The number of fused-ring (bicyclic) bond motifs is 1. The van der Waals surface area contributed by atoms with Crippen LogP contribution in [0.5, 0.6) is 0 Å². The molecule has 86 valence electrons. The highest BCUT2D eigenvalue weighted by Gasteiger charge is 2.17. The SMILES string of the molecule is Nc1ncccc1N1CCc2ccccc2C1. The standard InChI is InChI=1S/C14H15N3/c15-14-13(6-3-8-16-14)17-9-7-11-4-1-2-5-12(11)10-17/h1-6,8H,7,9-10H2,(H2,15,16). The zero-order valence-electron chi connectivity index (χ0n) is 9.63. The molecule has 17 heavy (non-hydrogen) atoms. The molecule has 0 saturated heterocycles. The molecule has 0 amide bonds. The van der Waals surface area contributed by atoms with Gasteiger partial charge in [0.1, 0.15) is 5.82 Å².